The van der Waals surface area contributed by atoms with E-state index in [-0.39, 0.29) is 14.9 Å². The summed E-state index contributed by atoms with van der Waals surface area (Å²) in [6.07, 6.45) is 12.5. The van der Waals surface area contributed by atoms with Gasteiger partial charge in [-0.15, -0.1) is 0 Å². The highest BCUT2D eigenvalue weighted by Crippen LogP contribution is 2.19. The van der Waals surface area contributed by atoms with E-state index in [2.05, 4.69) is 12.5 Å². The fourth-order valence-corrected chi connectivity index (χ4v) is 1.55. The Morgan fingerprint density at radius 1 is 1.15 bits per heavy atom. The molecule has 1 aliphatic carbocycles. The Morgan fingerprint density at radius 2 is 1.85 bits per heavy atom. The van der Waals surface area contributed by atoms with Crippen molar-refractivity contribution in [1.82, 2.24) is 0 Å². The van der Waals surface area contributed by atoms with E-state index in [4.69, 9.17) is 5.73 Å². The normalized spacial score (nSPS) is 20.8. The van der Waals surface area contributed by atoms with Crippen LogP contribution in [0.15, 0.2) is 11.6 Å². The van der Waals surface area contributed by atoms with Crippen molar-refractivity contribution in [3.05, 3.63) is 32.9 Å². The molecule has 0 aromatic rings. The monoisotopic (exact) mass is 180 g/mol. The van der Waals surface area contributed by atoms with Crippen LogP contribution in [0.5, 0.6) is 0 Å². The van der Waals surface area contributed by atoms with Crippen molar-refractivity contribution in [2.75, 3.05) is 6.54 Å². The van der Waals surface area contributed by atoms with Crippen LogP contribution in [0.1, 0.15) is 38.5 Å². The van der Waals surface area contributed by atoms with Crippen LogP contribution < -0.4 is 5.73 Å². The minimum absolute atomic E-state index is 0. The van der Waals surface area contributed by atoms with Gasteiger partial charge in [0.2, 0.25) is 0 Å². The molecule has 0 aromatic carbocycles. The maximum absolute atomic E-state index is 5.45. The van der Waals surface area contributed by atoms with E-state index in [1.807, 2.05) is 0 Å². The molecule has 1 aliphatic rings. The van der Waals surface area contributed by atoms with Crippen LogP contribution in [0.3, 0.4) is 0 Å². The molecule has 1 heteroatoms. The maximum atomic E-state index is 5.45. The number of rotatable bonds is 1. The molecule has 0 spiro atoms. The second-order valence-corrected chi connectivity index (χ2v) is 3.17. The fraction of sp³-hybridized carbons (Fsp3) is 0.583. The predicted molar refractivity (Wildman–Crippen MR) is 59.9 cm³/mol. The average molecular weight is 180 g/mol. The van der Waals surface area contributed by atoms with Crippen LogP contribution >= 0.6 is 0 Å². The molecule has 0 aliphatic heterocycles. The lowest BCUT2D eigenvalue weighted by molar-refractivity contribution is 0.610. The van der Waals surface area contributed by atoms with Gasteiger partial charge in [-0.05, 0) is 25.7 Å². The standard InChI is InChI=1S/C10H18N.2CH2/c11-9-8-10-6-4-2-1-3-5-7-10;;/h6,8H,1-5,7,9,11H2;2*1H2. The molecule has 1 nitrogen and oxygen atoms in total. The maximum Gasteiger partial charge on any atom is 0.0109 e. The summed E-state index contributed by atoms with van der Waals surface area (Å²) in [6.45, 7) is 0.700. The van der Waals surface area contributed by atoms with Crippen molar-refractivity contribution in [2.24, 2.45) is 5.73 Å². The lowest BCUT2D eigenvalue weighted by Gasteiger charge is -2.10. The second kappa shape index (κ2) is 9.79. The van der Waals surface area contributed by atoms with Crippen molar-refractivity contribution in [3.8, 4) is 0 Å². The topological polar surface area (TPSA) is 26.0 Å². The summed E-state index contributed by atoms with van der Waals surface area (Å²) in [5, 5.41) is 0. The molecule has 2 N–H and O–H groups in total. The Balaban J connectivity index is 0. The summed E-state index contributed by atoms with van der Waals surface area (Å²) >= 11 is 0. The first-order chi connectivity index (χ1) is 5.43. The van der Waals surface area contributed by atoms with Crippen molar-refractivity contribution >= 4 is 0 Å². The van der Waals surface area contributed by atoms with Gasteiger partial charge in [-0.25, -0.2) is 0 Å². The largest absolute Gasteiger partial charge is 0.327 e. The van der Waals surface area contributed by atoms with Crippen LogP contribution in [0, 0.1) is 21.3 Å². The number of allylic oxidation sites excluding steroid dienone is 1. The summed E-state index contributed by atoms with van der Waals surface area (Å²) < 4.78 is 0. The summed E-state index contributed by atoms with van der Waals surface area (Å²) in [5.41, 5.74) is 6.93. The van der Waals surface area contributed by atoms with Gasteiger partial charge in [0.25, 0.3) is 0 Å². The average Bonchev–Trinajstić information content (AvgIpc) is 1.94. The minimum atomic E-state index is 0. The SMILES string of the molecule is NCC=C1[CH]CCCCCC1.[CH2].[CH2]. The molecule has 0 atom stereocenters. The van der Waals surface area contributed by atoms with E-state index < -0.39 is 0 Å². The van der Waals surface area contributed by atoms with Crippen molar-refractivity contribution in [3.63, 3.8) is 0 Å². The molecule has 75 valence electrons. The molecule has 0 heterocycles. The first-order valence-electron chi connectivity index (χ1n) is 4.66. The van der Waals surface area contributed by atoms with Crippen LogP contribution in [-0.4, -0.2) is 6.54 Å². The Kier molecular flexibility index (Phi) is 11.4. The number of hydrogen-bond donors (Lipinski definition) is 1. The molecule has 5 radical (unpaired) electrons. The van der Waals surface area contributed by atoms with E-state index in [0.29, 0.717) is 6.54 Å². The molecule has 13 heavy (non-hydrogen) atoms. The summed E-state index contributed by atoms with van der Waals surface area (Å²) in [6, 6.07) is 0. The van der Waals surface area contributed by atoms with Crippen molar-refractivity contribution < 1.29 is 0 Å². The molecular formula is C12H22N. The Morgan fingerprint density at radius 3 is 2.54 bits per heavy atom. The highest BCUT2D eigenvalue weighted by Gasteiger charge is 2.02. The van der Waals surface area contributed by atoms with Gasteiger partial charge in [0.1, 0.15) is 0 Å². The fourth-order valence-electron chi connectivity index (χ4n) is 1.55. The molecule has 0 amide bonds. The van der Waals surface area contributed by atoms with Gasteiger partial charge in [0, 0.05) is 6.54 Å². The zero-order valence-electron chi connectivity index (χ0n) is 8.60. The Labute approximate surface area is 84.4 Å². The molecule has 1 saturated carbocycles. The van der Waals surface area contributed by atoms with Crippen LogP contribution in [0.4, 0.5) is 0 Å². The lowest BCUT2D eigenvalue weighted by atomic mass is 9.96. The van der Waals surface area contributed by atoms with Crippen molar-refractivity contribution in [2.45, 2.75) is 38.5 Å². The quantitative estimate of drug-likeness (QED) is 0.659. The third kappa shape index (κ3) is 6.83. The van der Waals surface area contributed by atoms with Gasteiger partial charge in [0.05, 0.1) is 0 Å². The van der Waals surface area contributed by atoms with E-state index >= 15 is 0 Å². The molecule has 0 saturated heterocycles. The summed E-state index contributed by atoms with van der Waals surface area (Å²) in [5.74, 6) is 0. The van der Waals surface area contributed by atoms with E-state index in [1.165, 1.54) is 44.1 Å². The van der Waals surface area contributed by atoms with Gasteiger partial charge >= 0.3 is 0 Å². The summed E-state index contributed by atoms with van der Waals surface area (Å²) in [7, 11) is 0. The second-order valence-electron chi connectivity index (χ2n) is 3.17. The molecule has 0 unspecified atom stereocenters. The first kappa shape index (κ1) is 15.2. The molecule has 1 rings (SSSR count). The number of nitrogens with two attached hydrogens (primary N) is 1. The zero-order chi connectivity index (χ0) is 7.94. The summed E-state index contributed by atoms with van der Waals surface area (Å²) in [4.78, 5) is 0. The Hall–Kier alpha value is -0.300. The zero-order valence-corrected chi connectivity index (χ0v) is 8.60. The van der Waals surface area contributed by atoms with Gasteiger partial charge in [-0.1, -0.05) is 45.8 Å². The first-order valence-corrected chi connectivity index (χ1v) is 4.66. The van der Waals surface area contributed by atoms with E-state index in [1.54, 1.807) is 0 Å². The molecule has 0 aromatic heterocycles. The smallest absolute Gasteiger partial charge is 0.0109 e. The van der Waals surface area contributed by atoms with E-state index in [9.17, 15) is 0 Å². The van der Waals surface area contributed by atoms with Gasteiger partial charge < -0.3 is 5.73 Å². The van der Waals surface area contributed by atoms with Gasteiger partial charge in [-0.3, -0.25) is 0 Å². The van der Waals surface area contributed by atoms with Crippen LogP contribution in [-0.2, 0) is 0 Å². The van der Waals surface area contributed by atoms with Gasteiger partial charge in [0.15, 0.2) is 0 Å². The minimum Gasteiger partial charge on any atom is -0.327 e. The van der Waals surface area contributed by atoms with Crippen LogP contribution in [0.25, 0.3) is 0 Å². The van der Waals surface area contributed by atoms with Gasteiger partial charge in [-0.2, -0.15) is 0 Å². The molecule has 1 fully saturated rings. The third-order valence-corrected chi connectivity index (χ3v) is 2.21. The molecule has 0 bridgehead atoms. The number of hydrogen-bond acceptors (Lipinski definition) is 1. The van der Waals surface area contributed by atoms with E-state index in [0.717, 1.165) is 0 Å². The lowest BCUT2D eigenvalue weighted by Crippen LogP contribution is -1.98. The highest BCUT2D eigenvalue weighted by molar-refractivity contribution is 5.14. The third-order valence-electron chi connectivity index (χ3n) is 2.21. The highest BCUT2D eigenvalue weighted by atomic mass is 14.5. The van der Waals surface area contributed by atoms with Crippen LogP contribution in [0.2, 0.25) is 0 Å². The van der Waals surface area contributed by atoms with Crippen molar-refractivity contribution in [1.29, 1.82) is 0 Å². The Bertz CT molecular complexity index is 117. The molecular weight excluding hydrogens is 158 g/mol. The predicted octanol–water partition coefficient (Wildman–Crippen LogP) is 3.08.